The molecule has 2 heterocycles. The van der Waals surface area contributed by atoms with Crippen molar-refractivity contribution in [3.63, 3.8) is 0 Å². The molecule has 2 aliphatic rings. The number of hydrogen-bond donors (Lipinski definition) is 1. The zero-order valence-electron chi connectivity index (χ0n) is 21.0. The summed E-state index contributed by atoms with van der Waals surface area (Å²) in [5.74, 6) is 0.989. The van der Waals surface area contributed by atoms with E-state index in [-0.39, 0.29) is 22.7 Å². The highest BCUT2D eigenvalue weighted by Gasteiger charge is 2.27. The first kappa shape index (κ1) is 27.4. The van der Waals surface area contributed by atoms with E-state index in [1.165, 1.54) is 13.2 Å². The molecule has 192 valence electrons. The summed E-state index contributed by atoms with van der Waals surface area (Å²) < 4.78 is 24.5. The summed E-state index contributed by atoms with van der Waals surface area (Å²) in [6.45, 7) is 8.16. The van der Waals surface area contributed by atoms with E-state index < -0.39 is 0 Å². The van der Waals surface area contributed by atoms with E-state index >= 15 is 0 Å². The van der Waals surface area contributed by atoms with Crippen molar-refractivity contribution >= 4 is 35.5 Å². The zero-order valence-corrected chi connectivity index (χ0v) is 21.7. The van der Waals surface area contributed by atoms with Gasteiger partial charge in [0.25, 0.3) is 6.47 Å². The second-order valence-corrected chi connectivity index (χ2v) is 9.79. The van der Waals surface area contributed by atoms with Crippen molar-refractivity contribution in [2.75, 3.05) is 31.6 Å². The summed E-state index contributed by atoms with van der Waals surface area (Å²) >= 11 is 6.24. The van der Waals surface area contributed by atoms with Gasteiger partial charge in [-0.25, -0.2) is 14.4 Å². The molecule has 1 aliphatic carbocycles. The Balaban J connectivity index is 0.000000454. The van der Waals surface area contributed by atoms with Gasteiger partial charge < -0.3 is 19.7 Å². The number of nitrogens with zero attached hydrogens (tertiary/aromatic N) is 4. The van der Waals surface area contributed by atoms with Crippen molar-refractivity contribution in [3.8, 4) is 11.8 Å². The molecule has 2 aromatic rings. The molecule has 1 unspecified atom stereocenters. The second kappa shape index (κ2) is 12.2. The summed E-state index contributed by atoms with van der Waals surface area (Å²) in [4.78, 5) is 20.7. The largest absolute Gasteiger partial charge is 0.496 e. The fraction of sp³-hybridized carbons (Fsp3) is 0.462. The Kier molecular flexibility index (Phi) is 9.24. The lowest BCUT2D eigenvalue weighted by Crippen LogP contribution is -2.51. The lowest BCUT2D eigenvalue weighted by molar-refractivity contribution is -0.138. The molecule has 36 heavy (non-hydrogen) atoms. The summed E-state index contributed by atoms with van der Waals surface area (Å²) in [5.41, 5.74) is 2.69. The Morgan fingerprint density at radius 1 is 1.33 bits per heavy atom. The number of ether oxygens (including phenoxy) is 2. The van der Waals surface area contributed by atoms with Crippen molar-refractivity contribution in [2.45, 2.75) is 51.7 Å². The van der Waals surface area contributed by atoms with E-state index in [4.69, 9.17) is 21.6 Å². The van der Waals surface area contributed by atoms with E-state index in [0.717, 1.165) is 30.0 Å². The quantitative estimate of drug-likeness (QED) is 0.461. The molecule has 0 amide bonds. The van der Waals surface area contributed by atoms with Gasteiger partial charge in [0, 0.05) is 31.2 Å². The number of benzene rings is 1. The molecule has 0 bridgehead atoms. The van der Waals surface area contributed by atoms with Gasteiger partial charge >= 0.3 is 0 Å². The van der Waals surface area contributed by atoms with Crippen LogP contribution in [0.15, 0.2) is 18.2 Å². The van der Waals surface area contributed by atoms with Gasteiger partial charge in [-0.2, -0.15) is 5.26 Å². The van der Waals surface area contributed by atoms with Crippen LogP contribution in [0, 0.1) is 17.1 Å². The van der Waals surface area contributed by atoms with Crippen molar-refractivity contribution in [1.82, 2.24) is 15.3 Å². The van der Waals surface area contributed by atoms with Crippen molar-refractivity contribution in [1.29, 1.82) is 5.26 Å². The van der Waals surface area contributed by atoms with Crippen LogP contribution in [-0.4, -0.2) is 54.8 Å². The third-order valence-electron chi connectivity index (χ3n) is 5.76. The molecule has 1 aliphatic heterocycles. The minimum atomic E-state index is -0.319. The molecule has 0 spiro atoms. The van der Waals surface area contributed by atoms with Gasteiger partial charge in [0.1, 0.15) is 23.0 Å². The molecule has 1 fully saturated rings. The smallest absolute Gasteiger partial charge is 0.293 e. The van der Waals surface area contributed by atoms with Crippen LogP contribution in [-0.2, 0) is 16.0 Å². The maximum Gasteiger partial charge on any atom is 0.293 e. The number of aromatic nitrogens is 2. The molecule has 1 atom stereocenters. The molecule has 0 saturated carbocycles. The van der Waals surface area contributed by atoms with E-state index in [2.05, 4.69) is 31.0 Å². The highest BCUT2D eigenvalue weighted by molar-refractivity contribution is 6.28. The van der Waals surface area contributed by atoms with Gasteiger partial charge in [0.05, 0.1) is 30.9 Å². The van der Waals surface area contributed by atoms with Crippen LogP contribution in [0.4, 0.5) is 10.2 Å². The molecule has 8 nitrogen and oxygen atoms in total. The average Bonchev–Trinajstić information content (AvgIpc) is 2.83. The minimum Gasteiger partial charge on any atom is -0.496 e. The summed E-state index contributed by atoms with van der Waals surface area (Å²) in [7, 11) is 1.54. The van der Waals surface area contributed by atoms with E-state index in [1.54, 1.807) is 12.1 Å². The number of allylic oxidation sites excluding steroid dienone is 1. The predicted molar refractivity (Wildman–Crippen MR) is 137 cm³/mol. The third kappa shape index (κ3) is 6.93. The Hall–Kier alpha value is -3.22. The number of nitriles is 1. The molecule has 4 rings (SSSR count). The van der Waals surface area contributed by atoms with Gasteiger partial charge in [0.2, 0.25) is 5.28 Å². The Morgan fingerprint density at radius 2 is 2.11 bits per heavy atom. The van der Waals surface area contributed by atoms with Crippen LogP contribution in [0.3, 0.4) is 0 Å². The molecule has 1 aromatic carbocycles. The summed E-state index contributed by atoms with van der Waals surface area (Å²) in [6, 6.07) is 7.13. The highest BCUT2D eigenvalue weighted by atomic mass is 35.5. The number of halogens is 2. The Labute approximate surface area is 216 Å². The van der Waals surface area contributed by atoms with E-state index in [1.807, 2.05) is 26.8 Å². The van der Waals surface area contributed by atoms with Crippen LogP contribution in [0.25, 0.3) is 11.6 Å². The number of fused-ring (bicyclic) bond motifs is 1. The molecule has 10 heteroatoms. The lowest BCUT2D eigenvalue weighted by Gasteiger charge is -2.35. The molecule has 1 saturated heterocycles. The van der Waals surface area contributed by atoms with Crippen LogP contribution in [0.5, 0.6) is 5.75 Å². The van der Waals surface area contributed by atoms with Crippen LogP contribution in [0.2, 0.25) is 5.28 Å². The molecular formula is C26H31ClFN5O3. The molecular weight excluding hydrogens is 485 g/mol. The first-order chi connectivity index (χ1) is 17.2. The predicted octanol–water partition coefficient (Wildman–Crippen LogP) is 4.41. The lowest BCUT2D eigenvalue weighted by atomic mass is 9.90. The van der Waals surface area contributed by atoms with Gasteiger partial charge in [-0.05, 0) is 69.0 Å². The number of rotatable bonds is 5. The monoisotopic (exact) mass is 515 g/mol. The maximum atomic E-state index is 14.5. The van der Waals surface area contributed by atoms with Gasteiger partial charge in [-0.15, -0.1) is 0 Å². The fourth-order valence-electron chi connectivity index (χ4n) is 4.17. The van der Waals surface area contributed by atoms with Crippen LogP contribution >= 0.6 is 11.6 Å². The molecule has 1 aromatic heterocycles. The topological polar surface area (TPSA) is 100 Å². The molecule has 0 radical (unpaired) electrons. The Morgan fingerprint density at radius 3 is 2.75 bits per heavy atom. The first-order valence-electron chi connectivity index (χ1n) is 11.7. The molecule has 1 N–H and O–H groups in total. The van der Waals surface area contributed by atoms with Gasteiger partial charge in [0.15, 0.2) is 0 Å². The number of anilines is 1. The van der Waals surface area contributed by atoms with Gasteiger partial charge in [-0.1, -0.05) is 6.07 Å². The number of nitrogens with one attached hydrogen (secondary N) is 1. The van der Waals surface area contributed by atoms with Crippen molar-refractivity contribution in [2.24, 2.45) is 0 Å². The third-order valence-corrected chi connectivity index (χ3v) is 5.93. The number of piperazine rings is 1. The fourth-order valence-corrected chi connectivity index (χ4v) is 4.34. The van der Waals surface area contributed by atoms with E-state index in [0.29, 0.717) is 49.3 Å². The minimum absolute atomic E-state index is 0.0931. The summed E-state index contributed by atoms with van der Waals surface area (Å²) in [5, 5.41) is 12.5. The van der Waals surface area contributed by atoms with Crippen LogP contribution in [0.1, 0.15) is 50.4 Å². The maximum absolute atomic E-state index is 14.5. The normalized spacial score (nSPS) is 17.1. The zero-order chi connectivity index (χ0) is 26.3. The summed E-state index contributed by atoms with van der Waals surface area (Å²) in [6.07, 6.45) is 3.65. The highest BCUT2D eigenvalue weighted by Crippen LogP contribution is 2.38. The van der Waals surface area contributed by atoms with E-state index in [9.17, 15) is 9.18 Å². The SMILES string of the molecule is CC(C)(C)OC=O.COc1cccc(F)c1C1=Cc2nc(Cl)nc(N3CCNC(CC#N)C3)c2CC1. The average molecular weight is 516 g/mol. The number of methoxy groups -OCH3 is 1. The van der Waals surface area contributed by atoms with Crippen molar-refractivity contribution < 1.29 is 18.7 Å². The number of carbonyl (C=O) groups is 1. The first-order valence-corrected chi connectivity index (χ1v) is 12.1. The standard InChI is InChI=1S/C21H21ClFN5O.C5H10O2/c1-29-18-4-2-3-16(23)19(18)13-5-6-15-17(11-13)26-21(22)27-20(15)28-10-9-25-14(12-28)7-8-24;1-5(2,3)7-4-6/h2-4,11,14,25H,5-7,9-10,12H2,1H3;4H,1-3H3. The number of hydrogen-bond acceptors (Lipinski definition) is 8. The second-order valence-electron chi connectivity index (χ2n) is 9.45. The van der Waals surface area contributed by atoms with Crippen molar-refractivity contribution in [3.05, 3.63) is 46.1 Å². The van der Waals surface area contributed by atoms with Crippen LogP contribution < -0.4 is 15.0 Å². The Bertz CT molecular complexity index is 1160. The number of carbonyl (C=O) groups excluding carboxylic acids is 1. The van der Waals surface area contributed by atoms with Gasteiger partial charge in [-0.3, -0.25) is 4.79 Å².